The third-order valence-electron chi connectivity index (χ3n) is 6.58. The van der Waals surface area contributed by atoms with Crippen LogP contribution in [0.1, 0.15) is 25.7 Å². The highest BCUT2D eigenvalue weighted by atomic mass is 19.1. The van der Waals surface area contributed by atoms with Gasteiger partial charge in [0.1, 0.15) is 5.69 Å². The Morgan fingerprint density at radius 2 is 1.97 bits per heavy atom. The zero-order valence-corrected chi connectivity index (χ0v) is 18.9. The van der Waals surface area contributed by atoms with Crippen molar-refractivity contribution in [2.45, 2.75) is 31.2 Å². The highest BCUT2D eigenvalue weighted by Crippen LogP contribution is 2.35. The number of anilines is 3. The van der Waals surface area contributed by atoms with E-state index in [1.54, 1.807) is 4.90 Å². The van der Waals surface area contributed by atoms with Crippen molar-refractivity contribution >= 4 is 23.6 Å². The van der Waals surface area contributed by atoms with E-state index in [0.29, 0.717) is 57.2 Å². The maximum absolute atomic E-state index is 15.8. The van der Waals surface area contributed by atoms with Gasteiger partial charge in [-0.15, -0.1) is 0 Å². The Bertz CT molecular complexity index is 1050. The van der Waals surface area contributed by atoms with Crippen LogP contribution in [0.5, 0.6) is 0 Å². The molecule has 1 saturated carbocycles. The number of morpholine rings is 1. The molecule has 4 heterocycles. The number of hydrogen-bond donors (Lipinski definition) is 3. The molecule has 34 heavy (non-hydrogen) atoms. The molecule has 5 rings (SSSR count). The van der Waals surface area contributed by atoms with E-state index in [0.717, 1.165) is 12.8 Å². The number of hydrogen-bond acceptors (Lipinski definition) is 10. The van der Waals surface area contributed by atoms with Crippen LogP contribution in [-0.2, 0) is 9.53 Å². The van der Waals surface area contributed by atoms with Crippen LogP contribution in [0.15, 0.2) is 12.4 Å². The average Bonchev–Trinajstić information content (AvgIpc) is 3.72. The van der Waals surface area contributed by atoms with Gasteiger partial charge in [0.05, 0.1) is 25.4 Å². The maximum Gasteiger partial charge on any atom is 0.228 e. The smallest absolute Gasteiger partial charge is 0.228 e. The van der Waals surface area contributed by atoms with Crippen LogP contribution in [-0.4, -0.2) is 87.4 Å². The number of rotatable bonds is 6. The van der Waals surface area contributed by atoms with Gasteiger partial charge in [-0.25, -0.2) is 19.3 Å². The van der Waals surface area contributed by atoms with E-state index in [9.17, 15) is 9.90 Å². The second-order valence-corrected chi connectivity index (χ2v) is 9.17. The summed E-state index contributed by atoms with van der Waals surface area (Å²) in [5.41, 5.74) is 5.09. The molecule has 12 heteroatoms. The molecule has 0 aromatic carbocycles. The van der Waals surface area contributed by atoms with Gasteiger partial charge in [-0.05, 0) is 25.7 Å². The van der Waals surface area contributed by atoms with Crippen LogP contribution in [0, 0.1) is 11.7 Å². The number of piperidine rings is 1. The van der Waals surface area contributed by atoms with Crippen molar-refractivity contribution in [2.24, 2.45) is 5.92 Å². The van der Waals surface area contributed by atoms with Gasteiger partial charge in [-0.1, -0.05) is 0 Å². The summed E-state index contributed by atoms with van der Waals surface area (Å²) in [7, 11) is 0. The van der Waals surface area contributed by atoms with Crippen LogP contribution >= 0.6 is 0 Å². The zero-order chi connectivity index (χ0) is 23.7. The van der Waals surface area contributed by atoms with Gasteiger partial charge >= 0.3 is 0 Å². The van der Waals surface area contributed by atoms with E-state index in [1.807, 2.05) is 4.90 Å². The number of nitrogens with zero attached hydrogens (tertiary/aromatic N) is 6. The Morgan fingerprint density at radius 1 is 1.24 bits per heavy atom. The molecule has 0 spiro atoms. The highest BCUT2D eigenvalue weighted by Gasteiger charge is 2.42. The fourth-order valence-electron chi connectivity index (χ4n) is 4.50. The molecule has 1 aliphatic carbocycles. The predicted molar refractivity (Wildman–Crippen MR) is 122 cm³/mol. The highest BCUT2D eigenvalue weighted by molar-refractivity contribution is 5.81. The molecule has 3 fully saturated rings. The number of carbonyl (C=O) groups is 1. The van der Waals surface area contributed by atoms with Gasteiger partial charge < -0.3 is 30.7 Å². The largest absolute Gasteiger partial charge is 0.394 e. The Hall–Kier alpha value is -3.12. The number of carbonyl (C=O) groups excluding carboxylic acids is 1. The zero-order valence-electron chi connectivity index (χ0n) is 18.9. The maximum atomic E-state index is 15.8. The lowest BCUT2D eigenvalue weighted by atomic mass is 9.89. The first-order valence-corrected chi connectivity index (χ1v) is 11.6. The summed E-state index contributed by atoms with van der Waals surface area (Å²) in [6.45, 7) is 2.83. The SMILES string of the molecule is Nc1ncc(-c2nc(N3CCOCC3)nc(N[C@@]3(CO)CCCN(C(=O)C4CC4)C3)c2F)cn1. The van der Waals surface area contributed by atoms with Crippen molar-refractivity contribution in [2.75, 3.05) is 62.0 Å². The van der Waals surface area contributed by atoms with E-state index in [-0.39, 0.29) is 42.4 Å². The van der Waals surface area contributed by atoms with Crippen molar-refractivity contribution in [3.8, 4) is 11.3 Å². The summed E-state index contributed by atoms with van der Waals surface area (Å²) < 4.78 is 21.2. The average molecular weight is 473 g/mol. The third-order valence-corrected chi connectivity index (χ3v) is 6.58. The molecule has 1 atom stereocenters. The van der Waals surface area contributed by atoms with Crippen molar-refractivity contribution in [3.63, 3.8) is 0 Å². The van der Waals surface area contributed by atoms with Crippen LogP contribution in [0.4, 0.5) is 22.1 Å². The molecule has 3 aliphatic rings. The molecule has 2 aromatic heterocycles. The first-order chi connectivity index (χ1) is 16.5. The first-order valence-electron chi connectivity index (χ1n) is 11.6. The Balaban J connectivity index is 1.50. The van der Waals surface area contributed by atoms with Crippen LogP contribution < -0.4 is 16.0 Å². The Labute approximate surface area is 196 Å². The molecule has 0 radical (unpaired) electrons. The lowest BCUT2D eigenvalue weighted by Gasteiger charge is -2.43. The Morgan fingerprint density at radius 3 is 2.65 bits per heavy atom. The molecule has 0 bridgehead atoms. The van der Waals surface area contributed by atoms with Gasteiger partial charge in [0, 0.05) is 50.1 Å². The summed E-state index contributed by atoms with van der Waals surface area (Å²) >= 11 is 0. The van der Waals surface area contributed by atoms with Crippen LogP contribution in [0.2, 0.25) is 0 Å². The molecule has 11 nitrogen and oxygen atoms in total. The Kier molecular flexibility index (Phi) is 6.17. The molecule has 4 N–H and O–H groups in total. The van der Waals surface area contributed by atoms with E-state index < -0.39 is 11.4 Å². The molecule has 1 amide bonds. The minimum atomic E-state index is -0.908. The van der Waals surface area contributed by atoms with Crippen molar-refractivity contribution in [1.29, 1.82) is 0 Å². The van der Waals surface area contributed by atoms with Crippen molar-refractivity contribution in [1.82, 2.24) is 24.8 Å². The normalized spacial score (nSPS) is 23.1. The fourth-order valence-corrected chi connectivity index (χ4v) is 4.50. The number of aliphatic hydroxyl groups is 1. The molecular formula is C22H29FN8O3. The van der Waals surface area contributed by atoms with E-state index in [4.69, 9.17) is 10.5 Å². The molecule has 2 saturated heterocycles. The molecule has 182 valence electrons. The summed E-state index contributed by atoms with van der Waals surface area (Å²) in [4.78, 5) is 33.3. The minimum Gasteiger partial charge on any atom is -0.394 e. The second-order valence-electron chi connectivity index (χ2n) is 9.17. The van der Waals surface area contributed by atoms with E-state index in [1.165, 1.54) is 12.4 Å². The predicted octanol–water partition coefficient (Wildman–Crippen LogP) is 0.667. The third kappa shape index (κ3) is 4.60. The van der Waals surface area contributed by atoms with Gasteiger partial charge in [0.25, 0.3) is 0 Å². The number of amides is 1. The summed E-state index contributed by atoms with van der Waals surface area (Å²) in [6, 6.07) is 0. The van der Waals surface area contributed by atoms with E-state index >= 15 is 4.39 Å². The quantitative estimate of drug-likeness (QED) is 0.549. The first kappa shape index (κ1) is 22.7. The van der Waals surface area contributed by atoms with Gasteiger partial charge in [0.2, 0.25) is 17.8 Å². The van der Waals surface area contributed by atoms with Crippen molar-refractivity contribution < 1.29 is 19.0 Å². The fraction of sp³-hybridized carbons (Fsp3) is 0.591. The van der Waals surface area contributed by atoms with Gasteiger partial charge in [0.15, 0.2) is 11.6 Å². The summed E-state index contributed by atoms with van der Waals surface area (Å²) in [5.74, 6) is -0.103. The number of nitrogens with one attached hydrogen (secondary N) is 1. The standard InChI is InChI=1S/C22H29FN8O3/c23-16-17(15-10-25-20(24)26-11-15)27-21(30-6-8-34-9-7-30)28-18(16)29-22(13-32)4-1-5-31(12-22)19(33)14-2-3-14/h10-11,14,32H,1-9,12-13H2,(H2,24,25,26)(H,27,28,29)/t22-/m0/s1. The number of aliphatic hydroxyl groups excluding tert-OH is 1. The van der Waals surface area contributed by atoms with Crippen LogP contribution in [0.3, 0.4) is 0 Å². The molecule has 2 aromatic rings. The van der Waals surface area contributed by atoms with Crippen molar-refractivity contribution in [3.05, 3.63) is 18.2 Å². The number of nitrogens with two attached hydrogens (primary N) is 1. The minimum absolute atomic E-state index is 0.0295. The number of nitrogen functional groups attached to an aromatic ring is 1. The molecule has 2 aliphatic heterocycles. The second kappa shape index (κ2) is 9.26. The number of ether oxygens (including phenoxy) is 1. The lowest BCUT2D eigenvalue weighted by Crippen LogP contribution is -2.57. The number of likely N-dealkylation sites (tertiary alicyclic amines) is 1. The lowest BCUT2D eigenvalue weighted by molar-refractivity contribution is -0.134. The van der Waals surface area contributed by atoms with Gasteiger partial charge in [-0.3, -0.25) is 4.79 Å². The molecular weight excluding hydrogens is 443 g/mol. The number of aromatic nitrogens is 4. The van der Waals surface area contributed by atoms with E-state index in [2.05, 4.69) is 25.3 Å². The van der Waals surface area contributed by atoms with Gasteiger partial charge in [-0.2, -0.15) is 4.98 Å². The molecule has 0 unspecified atom stereocenters. The summed E-state index contributed by atoms with van der Waals surface area (Å²) in [6.07, 6.45) is 5.93. The summed E-state index contributed by atoms with van der Waals surface area (Å²) in [5, 5.41) is 13.5. The topological polar surface area (TPSA) is 143 Å². The monoisotopic (exact) mass is 472 g/mol. The van der Waals surface area contributed by atoms with Crippen LogP contribution in [0.25, 0.3) is 11.3 Å². The number of halogens is 1.